The van der Waals surface area contributed by atoms with E-state index in [2.05, 4.69) is 9.71 Å². The summed E-state index contributed by atoms with van der Waals surface area (Å²) in [7, 11) is -2.41. The van der Waals surface area contributed by atoms with E-state index in [1.807, 2.05) is 0 Å². The lowest BCUT2D eigenvalue weighted by Crippen LogP contribution is -2.24. The number of pyridine rings is 1. The second-order valence-corrected chi connectivity index (χ2v) is 7.24. The van der Waals surface area contributed by atoms with E-state index < -0.39 is 15.8 Å². The largest absolute Gasteiger partial charge is 0.495 e. The van der Waals surface area contributed by atoms with Crippen molar-refractivity contribution in [3.8, 4) is 17.4 Å². The second kappa shape index (κ2) is 8.15. The maximum Gasteiger partial charge on any atom is 0.244 e. The Balaban J connectivity index is 1.80. The number of nitrogens with zero attached hydrogens (tertiary/aromatic N) is 1. The third-order valence-electron chi connectivity index (χ3n) is 3.67. The minimum Gasteiger partial charge on any atom is -0.495 e. The Kier molecular flexibility index (Phi) is 5.68. The number of hydrogen-bond acceptors (Lipinski definition) is 5. The summed E-state index contributed by atoms with van der Waals surface area (Å²) in [6.07, 6.45) is 1.51. The van der Waals surface area contributed by atoms with Gasteiger partial charge in [0, 0.05) is 24.4 Å². The molecule has 0 spiro atoms. The number of sulfonamides is 1. The Morgan fingerprint density at radius 1 is 1.07 bits per heavy atom. The van der Waals surface area contributed by atoms with E-state index in [9.17, 15) is 12.8 Å². The number of ether oxygens (including phenoxy) is 2. The van der Waals surface area contributed by atoms with Crippen LogP contribution in [0.4, 0.5) is 4.39 Å². The second-order valence-electron chi connectivity index (χ2n) is 5.50. The van der Waals surface area contributed by atoms with E-state index in [1.165, 1.54) is 37.6 Å². The average Bonchev–Trinajstić information content (AvgIpc) is 2.67. The molecule has 0 aliphatic rings. The van der Waals surface area contributed by atoms with E-state index in [-0.39, 0.29) is 28.8 Å². The van der Waals surface area contributed by atoms with Crippen molar-refractivity contribution in [2.45, 2.75) is 11.4 Å². The fraction of sp³-hybridized carbons (Fsp3) is 0.105. The zero-order valence-corrected chi connectivity index (χ0v) is 15.2. The van der Waals surface area contributed by atoms with E-state index in [4.69, 9.17) is 9.47 Å². The Hall–Kier alpha value is -2.97. The molecule has 1 heterocycles. The van der Waals surface area contributed by atoms with Crippen LogP contribution < -0.4 is 14.2 Å². The van der Waals surface area contributed by atoms with Crippen molar-refractivity contribution in [3.05, 3.63) is 78.2 Å². The van der Waals surface area contributed by atoms with Gasteiger partial charge in [-0.25, -0.2) is 22.5 Å². The summed E-state index contributed by atoms with van der Waals surface area (Å²) >= 11 is 0. The van der Waals surface area contributed by atoms with Crippen LogP contribution in [0.25, 0.3) is 0 Å². The summed E-state index contributed by atoms with van der Waals surface area (Å²) in [4.78, 5) is 4.14. The molecular weight excluding hydrogens is 371 g/mol. The van der Waals surface area contributed by atoms with Crippen molar-refractivity contribution < 1.29 is 22.3 Å². The van der Waals surface area contributed by atoms with Crippen LogP contribution in [0.1, 0.15) is 5.56 Å². The zero-order valence-electron chi connectivity index (χ0n) is 14.4. The predicted octanol–water partition coefficient (Wildman–Crippen LogP) is 3.50. The number of rotatable bonds is 7. The van der Waals surface area contributed by atoms with Crippen LogP contribution in [0.3, 0.4) is 0 Å². The van der Waals surface area contributed by atoms with E-state index in [1.54, 1.807) is 36.4 Å². The van der Waals surface area contributed by atoms with E-state index in [0.717, 1.165) is 0 Å². The van der Waals surface area contributed by atoms with Crippen molar-refractivity contribution in [3.63, 3.8) is 0 Å². The van der Waals surface area contributed by atoms with E-state index in [0.29, 0.717) is 5.56 Å². The first-order valence-corrected chi connectivity index (χ1v) is 9.48. The highest BCUT2D eigenvalue weighted by molar-refractivity contribution is 7.89. The number of hydrogen-bond donors (Lipinski definition) is 1. The first-order valence-electron chi connectivity index (χ1n) is 7.99. The zero-order chi connectivity index (χ0) is 19.3. The molecule has 2 aromatic carbocycles. The molecule has 0 aliphatic carbocycles. The van der Waals surface area contributed by atoms with Crippen LogP contribution in [-0.2, 0) is 16.6 Å². The van der Waals surface area contributed by atoms with Gasteiger partial charge in [0.05, 0.1) is 7.11 Å². The van der Waals surface area contributed by atoms with Gasteiger partial charge in [0.15, 0.2) is 0 Å². The lowest BCUT2D eigenvalue weighted by molar-refractivity contribution is 0.402. The van der Waals surface area contributed by atoms with Gasteiger partial charge in [0.25, 0.3) is 0 Å². The molecule has 3 rings (SSSR count). The predicted molar refractivity (Wildman–Crippen MR) is 97.7 cm³/mol. The normalized spacial score (nSPS) is 11.2. The highest BCUT2D eigenvalue weighted by Gasteiger charge is 2.19. The van der Waals surface area contributed by atoms with Crippen molar-refractivity contribution in [1.82, 2.24) is 9.71 Å². The monoisotopic (exact) mass is 388 g/mol. The number of benzene rings is 2. The molecule has 1 aromatic heterocycles. The Morgan fingerprint density at radius 2 is 1.89 bits per heavy atom. The van der Waals surface area contributed by atoms with Gasteiger partial charge in [0.2, 0.25) is 15.9 Å². The molecule has 0 saturated heterocycles. The Bertz CT molecular complexity index is 1040. The van der Waals surface area contributed by atoms with Gasteiger partial charge in [-0.05, 0) is 30.3 Å². The molecule has 8 heteroatoms. The van der Waals surface area contributed by atoms with Gasteiger partial charge >= 0.3 is 0 Å². The molecule has 1 N–H and O–H groups in total. The fourth-order valence-corrected chi connectivity index (χ4v) is 3.56. The van der Waals surface area contributed by atoms with Gasteiger partial charge in [0.1, 0.15) is 22.2 Å². The summed E-state index contributed by atoms with van der Waals surface area (Å²) in [6, 6.07) is 15.3. The van der Waals surface area contributed by atoms with E-state index >= 15 is 0 Å². The van der Waals surface area contributed by atoms with Crippen LogP contribution in [-0.4, -0.2) is 20.5 Å². The Labute approximate surface area is 156 Å². The minimum absolute atomic E-state index is 0.0315. The van der Waals surface area contributed by atoms with Crippen LogP contribution in [0, 0.1) is 5.82 Å². The molecule has 0 saturated carbocycles. The summed E-state index contributed by atoms with van der Waals surface area (Å²) in [5.74, 6) is 0.252. The molecule has 27 heavy (non-hydrogen) atoms. The molecule has 0 amide bonds. The van der Waals surface area contributed by atoms with Gasteiger partial charge in [-0.15, -0.1) is 0 Å². The molecule has 3 aromatic rings. The molecule has 0 fully saturated rings. The van der Waals surface area contributed by atoms with Crippen molar-refractivity contribution in [1.29, 1.82) is 0 Å². The van der Waals surface area contributed by atoms with Gasteiger partial charge in [-0.3, -0.25) is 0 Å². The van der Waals surface area contributed by atoms with Crippen LogP contribution >= 0.6 is 0 Å². The summed E-state index contributed by atoms with van der Waals surface area (Å²) in [6.45, 7) is -0.0567. The van der Waals surface area contributed by atoms with Gasteiger partial charge in [-0.2, -0.15) is 0 Å². The van der Waals surface area contributed by atoms with Crippen molar-refractivity contribution >= 4 is 10.0 Å². The maximum atomic E-state index is 13.3. The molecule has 140 valence electrons. The minimum atomic E-state index is -3.82. The third-order valence-corrected chi connectivity index (χ3v) is 5.11. The van der Waals surface area contributed by atoms with Crippen LogP contribution in [0.2, 0.25) is 0 Å². The van der Waals surface area contributed by atoms with Crippen molar-refractivity contribution in [2.24, 2.45) is 0 Å². The average molecular weight is 388 g/mol. The molecule has 0 bridgehead atoms. The lowest BCUT2D eigenvalue weighted by Gasteiger charge is -2.12. The SMILES string of the molecule is COc1ccccc1S(=O)(=O)NCc1cccnc1Oc1cccc(F)c1. The summed E-state index contributed by atoms with van der Waals surface area (Å²) < 4.78 is 51.7. The molecule has 0 atom stereocenters. The fourth-order valence-electron chi connectivity index (χ4n) is 2.38. The van der Waals surface area contributed by atoms with Crippen LogP contribution in [0.5, 0.6) is 17.4 Å². The third kappa shape index (κ3) is 4.60. The molecule has 0 radical (unpaired) electrons. The standard InChI is InChI=1S/C19H17FN2O4S/c1-25-17-9-2-3-10-18(17)27(23,24)22-13-14-6-5-11-21-19(14)26-16-8-4-7-15(20)12-16/h2-12,22H,13H2,1H3. The lowest BCUT2D eigenvalue weighted by atomic mass is 10.3. The van der Waals surface area contributed by atoms with Crippen molar-refractivity contribution in [2.75, 3.05) is 7.11 Å². The molecular formula is C19H17FN2O4S. The number of methoxy groups -OCH3 is 1. The highest BCUT2D eigenvalue weighted by atomic mass is 32.2. The van der Waals surface area contributed by atoms with Gasteiger partial charge in [-0.1, -0.05) is 24.3 Å². The summed E-state index contributed by atoms with van der Waals surface area (Å²) in [5, 5.41) is 0. The number of para-hydroxylation sites is 1. The smallest absolute Gasteiger partial charge is 0.244 e. The quantitative estimate of drug-likeness (QED) is 0.670. The number of nitrogens with one attached hydrogen (secondary N) is 1. The summed E-state index contributed by atoms with van der Waals surface area (Å²) in [5.41, 5.74) is 0.500. The molecule has 0 aliphatic heterocycles. The number of halogens is 1. The first kappa shape index (κ1) is 18.8. The number of aromatic nitrogens is 1. The highest BCUT2D eigenvalue weighted by Crippen LogP contribution is 2.25. The molecule has 0 unspecified atom stereocenters. The topological polar surface area (TPSA) is 77.5 Å². The van der Waals surface area contributed by atoms with Gasteiger partial charge < -0.3 is 9.47 Å². The Morgan fingerprint density at radius 3 is 2.67 bits per heavy atom. The van der Waals surface area contributed by atoms with Crippen LogP contribution in [0.15, 0.2) is 71.8 Å². The maximum absolute atomic E-state index is 13.3. The first-order chi connectivity index (χ1) is 13.0. The molecule has 6 nitrogen and oxygen atoms in total.